The molecule has 3 nitrogen and oxygen atoms in total. The Morgan fingerprint density at radius 1 is 1.25 bits per heavy atom. The first-order valence-electron chi connectivity index (χ1n) is 5.57. The average Bonchev–Trinajstić information content (AvgIpc) is 2.37. The summed E-state index contributed by atoms with van der Waals surface area (Å²) in [6.45, 7) is 1.75. The van der Waals surface area contributed by atoms with E-state index in [-0.39, 0.29) is 9.79 Å². The highest BCUT2D eigenvalue weighted by Gasteiger charge is 2.24. The Hall–Kier alpha value is -1.71. The van der Waals surface area contributed by atoms with Crippen LogP contribution in [-0.2, 0) is 9.84 Å². The molecule has 6 heteroatoms. The maximum Gasteiger partial charge on any atom is 0.208 e. The molecule has 0 saturated heterocycles. The summed E-state index contributed by atoms with van der Waals surface area (Å²) in [5.41, 5.74) is 0.276. The lowest BCUT2D eigenvalue weighted by molar-refractivity contribution is 0.589. The van der Waals surface area contributed by atoms with Crippen LogP contribution in [-0.4, -0.2) is 8.42 Å². The van der Waals surface area contributed by atoms with Crippen LogP contribution in [0.25, 0.3) is 0 Å². The van der Waals surface area contributed by atoms with Crippen LogP contribution in [0.15, 0.2) is 50.7 Å². The number of nitriles is 1. The SMILES string of the molecule is Cc1cc(Br)cc(S(=O)(=O)c2cccc(F)c2C#N)c1. The van der Waals surface area contributed by atoms with Gasteiger partial charge in [-0.1, -0.05) is 22.0 Å². The standard InChI is InChI=1S/C14H9BrFNO2S/c1-9-5-10(15)7-11(6-9)20(18,19)14-4-2-3-13(16)12(14)8-17/h2-7H,1H3. The molecule has 2 aromatic rings. The second kappa shape index (κ2) is 5.35. The fraction of sp³-hybridized carbons (Fsp3) is 0.0714. The Bertz CT molecular complexity index is 805. The number of halogens is 2. The van der Waals surface area contributed by atoms with Gasteiger partial charge in [-0.3, -0.25) is 0 Å². The largest absolute Gasteiger partial charge is 0.218 e. The number of sulfone groups is 1. The number of benzene rings is 2. The quantitative estimate of drug-likeness (QED) is 0.828. The predicted molar refractivity (Wildman–Crippen MR) is 75.4 cm³/mol. The molecule has 20 heavy (non-hydrogen) atoms. The molecule has 0 N–H and O–H groups in total. The maximum absolute atomic E-state index is 13.6. The number of rotatable bonds is 2. The molecule has 0 unspecified atom stereocenters. The van der Waals surface area contributed by atoms with E-state index in [9.17, 15) is 12.8 Å². The molecule has 2 aromatic carbocycles. The van der Waals surface area contributed by atoms with Crippen molar-refractivity contribution in [2.75, 3.05) is 0 Å². The molecule has 0 saturated carbocycles. The maximum atomic E-state index is 13.6. The van der Waals surface area contributed by atoms with Gasteiger partial charge in [-0.25, -0.2) is 12.8 Å². The number of hydrogen-bond donors (Lipinski definition) is 0. The lowest BCUT2D eigenvalue weighted by atomic mass is 10.2. The molecule has 2 rings (SSSR count). The van der Waals surface area contributed by atoms with Crippen LogP contribution in [0.2, 0.25) is 0 Å². The van der Waals surface area contributed by atoms with E-state index in [4.69, 9.17) is 5.26 Å². The molecule has 0 bridgehead atoms. The fourth-order valence-corrected chi connectivity index (χ4v) is 4.13. The van der Waals surface area contributed by atoms with Crippen molar-refractivity contribution in [2.24, 2.45) is 0 Å². The average molecular weight is 354 g/mol. The molecule has 0 aromatic heterocycles. The van der Waals surface area contributed by atoms with Crippen molar-refractivity contribution < 1.29 is 12.8 Å². The summed E-state index contributed by atoms with van der Waals surface area (Å²) in [4.78, 5) is -0.302. The van der Waals surface area contributed by atoms with Gasteiger partial charge in [0.15, 0.2) is 0 Å². The number of nitrogens with zero attached hydrogens (tertiary/aromatic N) is 1. The first-order valence-corrected chi connectivity index (χ1v) is 7.85. The van der Waals surface area contributed by atoms with E-state index in [0.29, 0.717) is 4.47 Å². The monoisotopic (exact) mass is 353 g/mol. The topological polar surface area (TPSA) is 57.9 Å². The van der Waals surface area contributed by atoms with Crippen LogP contribution >= 0.6 is 15.9 Å². The van der Waals surface area contributed by atoms with E-state index in [0.717, 1.165) is 11.6 Å². The van der Waals surface area contributed by atoms with Gasteiger partial charge in [-0.15, -0.1) is 0 Å². The van der Waals surface area contributed by atoms with Crippen LogP contribution in [0.4, 0.5) is 4.39 Å². The Balaban J connectivity index is 2.74. The summed E-state index contributed by atoms with van der Waals surface area (Å²) >= 11 is 3.22. The Morgan fingerprint density at radius 2 is 1.95 bits per heavy atom. The molecular formula is C14H9BrFNO2S. The molecule has 0 aliphatic rings. The second-order valence-electron chi connectivity index (χ2n) is 4.19. The highest BCUT2D eigenvalue weighted by Crippen LogP contribution is 2.28. The molecule has 0 amide bonds. The summed E-state index contributed by atoms with van der Waals surface area (Å²) < 4.78 is 39.2. The Kier molecular flexibility index (Phi) is 3.93. The minimum Gasteiger partial charge on any atom is -0.218 e. The van der Waals surface area contributed by atoms with E-state index in [1.54, 1.807) is 19.1 Å². The molecule has 0 radical (unpaired) electrons. The zero-order valence-electron chi connectivity index (χ0n) is 10.4. The Morgan fingerprint density at radius 3 is 2.55 bits per heavy atom. The van der Waals surface area contributed by atoms with Crippen LogP contribution < -0.4 is 0 Å². The zero-order valence-corrected chi connectivity index (χ0v) is 12.8. The van der Waals surface area contributed by atoms with Crippen molar-refractivity contribution >= 4 is 25.8 Å². The zero-order chi connectivity index (χ0) is 14.9. The first kappa shape index (κ1) is 14.7. The normalized spacial score (nSPS) is 11.1. The van der Waals surface area contributed by atoms with Crippen molar-refractivity contribution in [3.8, 4) is 6.07 Å². The van der Waals surface area contributed by atoms with Crippen molar-refractivity contribution in [3.05, 3.63) is 57.8 Å². The van der Waals surface area contributed by atoms with Crippen LogP contribution in [0.3, 0.4) is 0 Å². The first-order chi connectivity index (χ1) is 9.36. The lowest BCUT2D eigenvalue weighted by Gasteiger charge is -2.08. The summed E-state index contributed by atoms with van der Waals surface area (Å²) in [6.07, 6.45) is 0. The third-order valence-corrected chi connectivity index (χ3v) is 4.94. The minimum atomic E-state index is -3.94. The van der Waals surface area contributed by atoms with E-state index in [1.807, 2.05) is 0 Å². The van der Waals surface area contributed by atoms with Crippen LogP contribution in [0.5, 0.6) is 0 Å². The van der Waals surface area contributed by atoms with E-state index in [2.05, 4.69) is 15.9 Å². The molecule has 0 aliphatic carbocycles. The predicted octanol–water partition coefficient (Wildman–Crippen LogP) is 3.60. The molecule has 0 atom stereocenters. The van der Waals surface area contributed by atoms with Gasteiger partial charge >= 0.3 is 0 Å². The van der Waals surface area contributed by atoms with Gasteiger partial charge in [-0.2, -0.15) is 5.26 Å². The summed E-state index contributed by atoms with van der Waals surface area (Å²) in [5.74, 6) is -0.847. The third kappa shape index (κ3) is 2.60. The van der Waals surface area contributed by atoms with Gasteiger partial charge in [0.25, 0.3) is 0 Å². The van der Waals surface area contributed by atoms with Crippen molar-refractivity contribution in [1.82, 2.24) is 0 Å². The third-order valence-electron chi connectivity index (χ3n) is 2.70. The van der Waals surface area contributed by atoms with Crippen molar-refractivity contribution in [3.63, 3.8) is 0 Å². The molecule has 0 heterocycles. The highest BCUT2D eigenvalue weighted by molar-refractivity contribution is 9.10. The highest BCUT2D eigenvalue weighted by atomic mass is 79.9. The molecule has 0 fully saturated rings. The number of aryl methyl sites for hydroxylation is 1. The summed E-state index contributed by atoms with van der Waals surface area (Å²) in [6, 6.07) is 9.83. The van der Waals surface area contributed by atoms with Crippen molar-refractivity contribution in [2.45, 2.75) is 16.7 Å². The van der Waals surface area contributed by atoms with Gasteiger partial charge in [-0.05, 0) is 42.8 Å². The molecule has 0 aliphatic heterocycles. The lowest BCUT2D eigenvalue weighted by Crippen LogP contribution is -2.06. The molecule has 102 valence electrons. The van der Waals surface area contributed by atoms with Gasteiger partial charge in [0.05, 0.1) is 9.79 Å². The van der Waals surface area contributed by atoms with Crippen LogP contribution in [0.1, 0.15) is 11.1 Å². The van der Waals surface area contributed by atoms with Gasteiger partial charge in [0.2, 0.25) is 9.84 Å². The fourth-order valence-electron chi connectivity index (χ4n) is 1.82. The smallest absolute Gasteiger partial charge is 0.208 e. The van der Waals surface area contributed by atoms with Crippen LogP contribution in [0, 0.1) is 24.1 Å². The van der Waals surface area contributed by atoms with E-state index >= 15 is 0 Å². The second-order valence-corrected chi connectivity index (χ2v) is 7.03. The summed E-state index contributed by atoms with van der Waals surface area (Å²) in [7, 11) is -3.94. The minimum absolute atomic E-state index is 0.0199. The van der Waals surface area contributed by atoms with Gasteiger partial charge in [0.1, 0.15) is 17.4 Å². The van der Waals surface area contributed by atoms with Gasteiger partial charge < -0.3 is 0 Å². The van der Waals surface area contributed by atoms with E-state index in [1.165, 1.54) is 24.3 Å². The summed E-state index contributed by atoms with van der Waals surface area (Å²) in [5, 5.41) is 8.95. The molecule has 0 spiro atoms. The number of hydrogen-bond acceptors (Lipinski definition) is 3. The molecular weight excluding hydrogens is 345 g/mol. The van der Waals surface area contributed by atoms with Gasteiger partial charge in [0, 0.05) is 4.47 Å². The van der Waals surface area contributed by atoms with E-state index < -0.39 is 21.2 Å². The van der Waals surface area contributed by atoms with Crippen molar-refractivity contribution in [1.29, 1.82) is 5.26 Å². The Labute approximate surface area is 124 Å².